The number of nitrogens with one attached hydrogen (secondary N) is 2. The summed E-state index contributed by atoms with van der Waals surface area (Å²) in [6.45, 7) is 1.78. The number of H-pyrrole nitrogens is 1. The van der Waals surface area contributed by atoms with Gasteiger partial charge in [0.1, 0.15) is 17.3 Å². The average Bonchev–Trinajstić information content (AvgIpc) is 2.97. The maximum atomic E-state index is 13.1. The Morgan fingerprint density at radius 2 is 1.88 bits per heavy atom. The molecule has 0 spiro atoms. The minimum atomic E-state index is -0.514. The van der Waals surface area contributed by atoms with Gasteiger partial charge in [-0.1, -0.05) is 25.7 Å². The van der Waals surface area contributed by atoms with Crippen molar-refractivity contribution in [2.45, 2.75) is 57.6 Å². The SMILES string of the molecule is Cc1[nH]c(-c2ccc(F)cc2)nc1C(=O)N[C@H]1CCCCCC[C@@H]1O. The van der Waals surface area contributed by atoms with Gasteiger partial charge in [0.25, 0.3) is 5.91 Å². The van der Waals surface area contributed by atoms with Gasteiger partial charge in [0.15, 0.2) is 0 Å². The van der Waals surface area contributed by atoms with E-state index in [1.54, 1.807) is 19.1 Å². The summed E-state index contributed by atoms with van der Waals surface area (Å²) in [5.74, 6) is -0.0733. The number of aromatic nitrogens is 2. The van der Waals surface area contributed by atoms with Crippen LogP contribution in [-0.2, 0) is 0 Å². The Kier molecular flexibility index (Phi) is 5.48. The van der Waals surface area contributed by atoms with Crippen LogP contribution in [0.25, 0.3) is 11.4 Å². The number of benzene rings is 1. The molecule has 1 aromatic carbocycles. The first-order valence-electron chi connectivity index (χ1n) is 8.86. The zero-order valence-corrected chi connectivity index (χ0v) is 14.4. The second-order valence-corrected chi connectivity index (χ2v) is 6.70. The highest BCUT2D eigenvalue weighted by Crippen LogP contribution is 2.20. The van der Waals surface area contributed by atoms with Gasteiger partial charge in [0.05, 0.1) is 12.1 Å². The molecule has 1 aliphatic rings. The molecule has 3 rings (SSSR count). The lowest BCUT2D eigenvalue weighted by molar-refractivity contribution is 0.0767. The minimum Gasteiger partial charge on any atom is -0.391 e. The van der Waals surface area contributed by atoms with Gasteiger partial charge in [-0.15, -0.1) is 0 Å². The van der Waals surface area contributed by atoms with Crippen LogP contribution in [0.15, 0.2) is 24.3 Å². The Morgan fingerprint density at radius 3 is 2.60 bits per heavy atom. The topological polar surface area (TPSA) is 78.0 Å². The summed E-state index contributed by atoms with van der Waals surface area (Å²) in [5.41, 5.74) is 1.68. The van der Waals surface area contributed by atoms with E-state index < -0.39 is 6.10 Å². The van der Waals surface area contributed by atoms with Crippen molar-refractivity contribution >= 4 is 5.91 Å². The molecule has 2 atom stereocenters. The molecule has 134 valence electrons. The first-order chi connectivity index (χ1) is 12.0. The second kappa shape index (κ2) is 7.78. The number of carbonyl (C=O) groups is 1. The van der Waals surface area contributed by atoms with Crippen molar-refractivity contribution in [1.29, 1.82) is 0 Å². The molecule has 1 amide bonds. The molecule has 5 nitrogen and oxygen atoms in total. The molecule has 2 aromatic rings. The third-order valence-electron chi connectivity index (χ3n) is 4.76. The summed E-state index contributed by atoms with van der Waals surface area (Å²) in [6.07, 6.45) is 5.24. The fourth-order valence-electron chi connectivity index (χ4n) is 3.30. The van der Waals surface area contributed by atoms with Crippen molar-refractivity contribution < 1.29 is 14.3 Å². The number of halogens is 1. The third kappa shape index (κ3) is 4.25. The molecular weight excluding hydrogens is 321 g/mol. The van der Waals surface area contributed by atoms with Crippen molar-refractivity contribution in [2.24, 2.45) is 0 Å². The van der Waals surface area contributed by atoms with Crippen molar-refractivity contribution in [3.8, 4) is 11.4 Å². The number of aliphatic hydroxyl groups excluding tert-OH is 1. The number of aliphatic hydroxyl groups is 1. The quantitative estimate of drug-likeness (QED) is 0.798. The number of aromatic amines is 1. The van der Waals surface area contributed by atoms with Crippen LogP contribution in [0.4, 0.5) is 4.39 Å². The molecule has 3 N–H and O–H groups in total. The zero-order valence-electron chi connectivity index (χ0n) is 14.4. The van der Waals surface area contributed by atoms with Crippen molar-refractivity contribution in [2.75, 3.05) is 0 Å². The van der Waals surface area contributed by atoms with E-state index in [2.05, 4.69) is 15.3 Å². The Hall–Kier alpha value is -2.21. The van der Waals surface area contributed by atoms with Crippen molar-refractivity contribution in [3.05, 3.63) is 41.5 Å². The maximum Gasteiger partial charge on any atom is 0.272 e. The van der Waals surface area contributed by atoms with Gasteiger partial charge in [0, 0.05) is 11.3 Å². The van der Waals surface area contributed by atoms with E-state index in [1.165, 1.54) is 12.1 Å². The number of nitrogens with zero attached hydrogens (tertiary/aromatic N) is 1. The van der Waals surface area contributed by atoms with Gasteiger partial charge in [-0.05, 0) is 44.0 Å². The van der Waals surface area contributed by atoms with E-state index in [0.29, 0.717) is 23.6 Å². The summed E-state index contributed by atoms with van der Waals surface area (Å²) in [5, 5.41) is 13.2. The van der Waals surface area contributed by atoms with Gasteiger partial charge in [-0.25, -0.2) is 9.37 Å². The monoisotopic (exact) mass is 345 g/mol. The van der Waals surface area contributed by atoms with E-state index in [-0.39, 0.29) is 17.8 Å². The van der Waals surface area contributed by atoms with Gasteiger partial charge in [-0.2, -0.15) is 0 Å². The first kappa shape index (κ1) is 17.6. The molecule has 1 aliphatic carbocycles. The number of carbonyl (C=O) groups excluding carboxylic acids is 1. The summed E-state index contributed by atoms with van der Waals surface area (Å²) in [6, 6.07) is 5.72. The van der Waals surface area contributed by atoms with E-state index in [0.717, 1.165) is 37.7 Å². The predicted octanol–water partition coefficient (Wildman–Crippen LogP) is 3.34. The number of imidazole rings is 1. The fraction of sp³-hybridized carbons (Fsp3) is 0.474. The van der Waals surface area contributed by atoms with Crippen LogP contribution in [0.2, 0.25) is 0 Å². The summed E-state index contributed by atoms with van der Waals surface area (Å²) in [4.78, 5) is 20.1. The standard InChI is InChI=1S/C19H24FN3O2/c1-12-17(23-18(21-12)13-8-10-14(20)11-9-13)19(25)22-15-6-4-2-3-5-7-16(15)24/h8-11,15-16,24H,2-7H2,1H3,(H,21,23)(H,22,25)/t15-,16-/m0/s1. The Labute approximate surface area is 146 Å². The molecular formula is C19H24FN3O2. The average molecular weight is 345 g/mol. The molecule has 1 aromatic heterocycles. The highest BCUT2D eigenvalue weighted by molar-refractivity contribution is 5.94. The third-order valence-corrected chi connectivity index (χ3v) is 4.76. The Bertz CT molecular complexity index is 727. The van der Waals surface area contributed by atoms with Gasteiger partial charge >= 0.3 is 0 Å². The molecule has 6 heteroatoms. The number of rotatable bonds is 3. The normalized spacial score (nSPS) is 21.4. The number of hydrogen-bond acceptors (Lipinski definition) is 3. The van der Waals surface area contributed by atoms with Gasteiger partial charge in [0.2, 0.25) is 0 Å². The van der Waals surface area contributed by atoms with Crippen LogP contribution in [0.5, 0.6) is 0 Å². The fourth-order valence-corrected chi connectivity index (χ4v) is 3.30. The Balaban J connectivity index is 1.74. The lowest BCUT2D eigenvalue weighted by Gasteiger charge is -2.26. The largest absolute Gasteiger partial charge is 0.391 e. The van der Waals surface area contributed by atoms with Crippen molar-refractivity contribution in [3.63, 3.8) is 0 Å². The summed E-state index contributed by atoms with van der Waals surface area (Å²) in [7, 11) is 0. The van der Waals surface area contributed by atoms with Crippen LogP contribution in [0.3, 0.4) is 0 Å². The molecule has 1 heterocycles. The van der Waals surface area contributed by atoms with Crippen LogP contribution >= 0.6 is 0 Å². The second-order valence-electron chi connectivity index (χ2n) is 6.70. The summed E-state index contributed by atoms with van der Waals surface area (Å²) >= 11 is 0. The van der Waals surface area contributed by atoms with Crippen LogP contribution in [-0.4, -0.2) is 33.1 Å². The number of aryl methyl sites for hydroxylation is 1. The minimum absolute atomic E-state index is 0.238. The predicted molar refractivity (Wildman–Crippen MR) is 93.7 cm³/mol. The van der Waals surface area contributed by atoms with E-state index >= 15 is 0 Å². The van der Waals surface area contributed by atoms with Crippen LogP contribution < -0.4 is 5.32 Å². The van der Waals surface area contributed by atoms with Crippen LogP contribution in [0, 0.1) is 12.7 Å². The first-order valence-corrected chi connectivity index (χ1v) is 8.86. The smallest absolute Gasteiger partial charge is 0.272 e. The molecule has 0 saturated heterocycles. The molecule has 1 fully saturated rings. The highest BCUT2D eigenvalue weighted by Gasteiger charge is 2.25. The lowest BCUT2D eigenvalue weighted by Crippen LogP contribution is -2.44. The van der Waals surface area contributed by atoms with Crippen LogP contribution in [0.1, 0.15) is 54.7 Å². The van der Waals surface area contributed by atoms with Crippen molar-refractivity contribution in [1.82, 2.24) is 15.3 Å². The summed E-state index contributed by atoms with van der Waals surface area (Å²) < 4.78 is 13.1. The van der Waals surface area contributed by atoms with E-state index in [1.807, 2.05) is 0 Å². The van der Waals surface area contributed by atoms with E-state index in [4.69, 9.17) is 0 Å². The van der Waals surface area contributed by atoms with Gasteiger partial charge in [-0.3, -0.25) is 4.79 Å². The molecule has 0 bridgehead atoms. The maximum absolute atomic E-state index is 13.1. The van der Waals surface area contributed by atoms with Gasteiger partial charge < -0.3 is 15.4 Å². The molecule has 25 heavy (non-hydrogen) atoms. The molecule has 0 radical (unpaired) electrons. The molecule has 1 saturated carbocycles. The molecule has 0 unspecified atom stereocenters. The Morgan fingerprint density at radius 1 is 1.20 bits per heavy atom. The number of hydrogen-bond donors (Lipinski definition) is 3. The van der Waals surface area contributed by atoms with E-state index in [9.17, 15) is 14.3 Å². The lowest BCUT2D eigenvalue weighted by atomic mass is 9.94. The number of amides is 1. The highest BCUT2D eigenvalue weighted by atomic mass is 19.1. The zero-order chi connectivity index (χ0) is 17.8. The molecule has 0 aliphatic heterocycles.